The van der Waals surface area contributed by atoms with Crippen LogP contribution in [0.5, 0.6) is 11.5 Å². The van der Waals surface area contributed by atoms with Gasteiger partial charge in [-0.15, -0.1) is 0 Å². The van der Waals surface area contributed by atoms with Gasteiger partial charge in [0, 0.05) is 83.5 Å². The van der Waals surface area contributed by atoms with E-state index in [2.05, 4.69) is 17.1 Å². The number of likely N-dealkylation sites (tertiary alicyclic amines) is 1. The number of carbonyl (C=O) groups is 3. The molecule has 6 aromatic rings. The second-order valence-corrected chi connectivity index (χ2v) is 25.8. The fraction of sp³-hybridized carbons (Fsp3) is 0.574. The number of aryl methyl sites for hydroxylation is 2. The molecule has 7 aliphatic rings. The molecule has 19 nitrogen and oxygen atoms in total. The predicted molar refractivity (Wildman–Crippen MR) is 326 cm³/mol. The Kier molecular flexibility index (Phi) is 18.6. The molecule has 0 radical (unpaired) electrons. The molecule has 0 unspecified atom stereocenters. The first-order valence-corrected chi connectivity index (χ1v) is 32.1. The lowest BCUT2D eigenvalue weighted by Gasteiger charge is -2.37. The van der Waals surface area contributed by atoms with Crippen molar-refractivity contribution < 1.29 is 47.6 Å². The number of hydrogen-bond acceptors (Lipinski definition) is 16. The van der Waals surface area contributed by atoms with Crippen LogP contribution in [-0.2, 0) is 14.3 Å². The van der Waals surface area contributed by atoms with E-state index in [1.54, 1.807) is 39.1 Å². The SMILES string of the molecule is COc1ccc(C2CCC(CN(C(=O)C3CCC(O)CC3)c3cc(-c4coc(C5CC5)n4)ccn3)CC2)nc1C.COc1ccc(C2CCC(CN(C(=O)C3CCC(OC(=O)N4CC(O)C4)CC3)c3cc(-c4coc(C5CC5)n4)ccn3)CC2)nc1C. The van der Waals surface area contributed by atoms with E-state index in [1.807, 2.05) is 60.0 Å². The van der Waals surface area contributed by atoms with Gasteiger partial charge in [0.1, 0.15) is 53.2 Å². The summed E-state index contributed by atoms with van der Waals surface area (Å²) in [7, 11) is 3.35. The van der Waals surface area contributed by atoms with E-state index in [-0.39, 0.29) is 42.0 Å². The molecule has 7 heterocycles. The fourth-order valence-corrected chi connectivity index (χ4v) is 13.8. The molecular weight excluding hydrogens is 1100 g/mol. The minimum absolute atomic E-state index is 0.0785. The van der Waals surface area contributed by atoms with Crippen LogP contribution < -0.4 is 19.3 Å². The number of ether oxygens (including phenoxy) is 3. The van der Waals surface area contributed by atoms with Crippen molar-refractivity contribution in [1.82, 2.24) is 34.8 Å². The number of β-amino-alcohol motifs (C(OH)–C–C–N with tert-alkyl or cyclic N) is 1. The number of hydrogen-bond donors (Lipinski definition) is 2. The Bertz CT molecular complexity index is 3320. The highest BCUT2D eigenvalue weighted by molar-refractivity contribution is 5.95. The molecule has 0 spiro atoms. The zero-order valence-electron chi connectivity index (χ0n) is 50.9. The number of carbonyl (C=O) groups excluding carboxylic acids is 3. The molecule has 462 valence electrons. The van der Waals surface area contributed by atoms with Crippen molar-refractivity contribution in [3.05, 3.63) is 108 Å². The zero-order chi connectivity index (χ0) is 60.1. The number of amides is 3. The van der Waals surface area contributed by atoms with Gasteiger partial charge >= 0.3 is 6.09 Å². The summed E-state index contributed by atoms with van der Waals surface area (Å²) in [5.41, 5.74) is 7.46. The maximum Gasteiger partial charge on any atom is 0.410 e. The van der Waals surface area contributed by atoms with E-state index in [4.69, 9.17) is 48.0 Å². The quantitative estimate of drug-likeness (QED) is 0.0864. The van der Waals surface area contributed by atoms with E-state index < -0.39 is 6.10 Å². The van der Waals surface area contributed by atoms with Gasteiger partial charge < -0.3 is 38.2 Å². The Morgan fingerprint density at radius 3 is 1.36 bits per heavy atom. The Morgan fingerprint density at radius 1 is 0.529 bits per heavy atom. The third-order valence-corrected chi connectivity index (χ3v) is 19.5. The molecule has 6 saturated carbocycles. The summed E-state index contributed by atoms with van der Waals surface area (Å²) in [6, 6.07) is 16.0. The standard InChI is InChI=1S/C36H45N5O6.C32H40N4O4/c1-22-32(45-2)14-13-30(38-22)24-5-3-23(4-6-24)18-41(33-17-27(15-16-37-33)31-21-46-34(39-31)25-7-8-25)35(43)26-9-11-29(12-10-26)47-36(44)40-19-28(42)20-40;1-20-29(39-2)14-13-27(34-20)22-5-3-21(4-6-22)18-36(32(38)24-9-11-26(37)12-10-24)30-17-25(15-16-33-30)28-19-40-31(35-28)23-7-8-23/h13-17,21,23-26,28-29,42H,3-12,18-20H2,1-2H3;13-17,19,21-24,26,37H,3-12,18H2,1-2H3. The van der Waals surface area contributed by atoms with Crippen LogP contribution >= 0.6 is 0 Å². The molecule has 0 aromatic carbocycles. The van der Waals surface area contributed by atoms with Crippen molar-refractivity contribution in [2.24, 2.45) is 23.7 Å². The number of aromatic nitrogens is 6. The third-order valence-electron chi connectivity index (χ3n) is 19.5. The van der Waals surface area contributed by atoms with Gasteiger partial charge in [0.25, 0.3) is 0 Å². The molecule has 0 bridgehead atoms. The minimum atomic E-state index is -0.461. The van der Waals surface area contributed by atoms with Crippen LogP contribution in [0.3, 0.4) is 0 Å². The van der Waals surface area contributed by atoms with Crippen LogP contribution in [-0.4, -0.2) is 122 Å². The van der Waals surface area contributed by atoms with Crippen molar-refractivity contribution in [2.45, 2.75) is 184 Å². The highest BCUT2D eigenvalue weighted by Gasteiger charge is 2.38. The summed E-state index contributed by atoms with van der Waals surface area (Å²) in [4.78, 5) is 74.5. The third kappa shape index (κ3) is 14.5. The van der Waals surface area contributed by atoms with Gasteiger partial charge in [0.05, 0.1) is 50.9 Å². The van der Waals surface area contributed by atoms with Crippen LogP contribution in [0.15, 0.2) is 82.3 Å². The molecule has 6 aliphatic carbocycles. The molecule has 6 aromatic heterocycles. The molecule has 7 fully saturated rings. The number of pyridine rings is 4. The highest BCUT2D eigenvalue weighted by Crippen LogP contribution is 2.44. The molecule has 87 heavy (non-hydrogen) atoms. The summed E-state index contributed by atoms with van der Waals surface area (Å²) in [5.74, 6) is 6.94. The summed E-state index contributed by atoms with van der Waals surface area (Å²) in [5, 5.41) is 19.6. The number of aliphatic hydroxyl groups excluding tert-OH is 2. The molecule has 3 amide bonds. The van der Waals surface area contributed by atoms with Gasteiger partial charge in [-0.05, 0) is 203 Å². The van der Waals surface area contributed by atoms with E-state index in [0.717, 1.165) is 158 Å². The number of aliphatic hydroxyl groups is 2. The van der Waals surface area contributed by atoms with Crippen LogP contribution in [0.25, 0.3) is 22.5 Å². The van der Waals surface area contributed by atoms with Gasteiger partial charge in [-0.1, -0.05) is 0 Å². The topological polar surface area (TPSA) is 233 Å². The summed E-state index contributed by atoms with van der Waals surface area (Å²) in [6.07, 6.45) is 23.7. The van der Waals surface area contributed by atoms with Crippen LogP contribution in [0.1, 0.15) is 187 Å². The van der Waals surface area contributed by atoms with E-state index in [0.29, 0.717) is 112 Å². The average Bonchev–Trinajstić information content (AvgIpc) is 4.05. The molecule has 2 N–H and O–H groups in total. The van der Waals surface area contributed by atoms with Gasteiger partial charge in [-0.25, -0.2) is 24.7 Å². The number of oxazole rings is 2. The first-order valence-electron chi connectivity index (χ1n) is 32.1. The number of methoxy groups -OCH3 is 2. The fourth-order valence-electron chi connectivity index (χ4n) is 13.8. The van der Waals surface area contributed by atoms with Crippen molar-refractivity contribution in [3.63, 3.8) is 0 Å². The van der Waals surface area contributed by atoms with Gasteiger partial charge in [-0.3, -0.25) is 29.4 Å². The smallest absolute Gasteiger partial charge is 0.410 e. The lowest BCUT2D eigenvalue weighted by molar-refractivity contribution is -0.125. The molecule has 13 rings (SSSR count). The van der Waals surface area contributed by atoms with Crippen LogP contribution in [0.4, 0.5) is 16.4 Å². The highest BCUT2D eigenvalue weighted by atomic mass is 16.6. The molecule has 1 aliphatic heterocycles. The van der Waals surface area contributed by atoms with E-state index in [1.165, 1.54) is 4.90 Å². The van der Waals surface area contributed by atoms with E-state index in [9.17, 15) is 24.6 Å². The van der Waals surface area contributed by atoms with Crippen molar-refractivity contribution in [3.8, 4) is 34.0 Å². The van der Waals surface area contributed by atoms with Gasteiger partial charge in [0.2, 0.25) is 11.8 Å². The Labute approximate surface area is 510 Å². The average molecular weight is 1190 g/mol. The minimum Gasteiger partial charge on any atom is -0.495 e. The first-order chi connectivity index (χ1) is 42.3. The summed E-state index contributed by atoms with van der Waals surface area (Å²) in [6.45, 7) is 5.88. The normalized spacial score (nSPS) is 24.9. The van der Waals surface area contributed by atoms with Crippen LogP contribution in [0, 0.1) is 37.5 Å². The maximum absolute atomic E-state index is 14.3. The van der Waals surface area contributed by atoms with Crippen molar-refractivity contribution in [1.29, 1.82) is 0 Å². The molecule has 0 atom stereocenters. The lowest BCUT2D eigenvalue weighted by atomic mass is 9.79. The Morgan fingerprint density at radius 2 is 0.954 bits per heavy atom. The summed E-state index contributed by atoms with van der Waals surface area (Å²) < 4.78 is 28.0. The maximum atomic E-state index is 14.3. The molecule has 1 saturated heterocycles. The van der Waals surface area contributed by atoms with E-state index >= 15 is 0 Å². The number of nitrogens with zero attached hydrogens (tertiary/aromatic N) is 9. The van der Waals surface area contributed by atoms with Gasteiger partial charge in [-0.2, -0.15) is 0 Å². The second-order valence-electron chi connectivity index (χ2n) is 25.8. The number of anilines is 2. The molecular formula is C68H85N9O10. The van der Waals surface area contributed by atoms with Crippen molar-refractivity contribution >= 4 is 29.5 Å². The first kappa shape index (κ1) is 60.1. The Balaban J connectivity index is 0.000000172. The van der Waals surface area contributed by atoms with Gasteiger partial charge in [0.15, 0.2) is 11.8 Å². The van der Waals surface area contributed by atoms with Crippen LogP contribution in [0.2, 0.25) is 0 Å². The monoisotopic (exact) mass is 1190 g/mol. The largest absolute Gasteiger partial charge is 0.495 e. The predicted octanol–water partition coefficient (Wildman–Crippen LogP) is 12.2. The lowest BCUT2D eigenvalue weighted by Crippen LogP contribution is -2.54. The van der Waals surface area contributed by atoms with Crippen molar-refractivity contribution in [2.75, 3.05) is 50.2 Å². The summed E-state index contributed by atoms with van der Waals surface area (Å²) >= 11 is 0. The molecule has 19 heteroatoms. The second kappa shape index (κ2) is 27.0. The zero-order valence-corrected chi connectivity index (χ0v) is 50.9. The Hall–Kier alpha value is -7.25. The number of rotatable bonds is 17.